The third kappa shape index (κ3) is 4.25. The van der Waals surface area contributed by atoms with Gasteiger partial charge in [0, 0.05) is 10.5 Å². The number of ether oxygens (including phenoxy) is 2. The van der Waals surface area contributed by atoms with Crippen LogP contribution in [0.3, 0.4) is 0 Å². The fourth-order valence-electron chi connectivity index (χ4n) is 2.12. The van der Waals surface area contributed by atoms with Crippen LogP contribution in [-0.2, 0) is 10.0 Å². The molecule has 0 spiro atoms. The van der Waals surface area contributed by atoms with Crippen molar-refractivity contribution in [2.45, 2.75) is 17.9 Å². The zero-order chi connectivity index (χ0) is 17.0. The molecule has 0 amide bonds. The number of rotatable bonds is 6. The Bertz CT molecular complexity index is 775. The van der Waals surface area contributed by atoms with E-state index in [1.807, 2.05) is 12.1 Å². The molecule has 7 heteroatoms. The van der Waals surface area contributed by atoms with E-state index in [-0.39, 0.29) is 4.90 Å². The first-order valence-electron chi connectivity index (χ1n) is 6.87. The lowest BCUT2D eigenvalue weighted by atomic mass is 10.1. The predicted octanol–water partition coefficient (Wildman–Crippen LogP) is 3.51. The summed E-state index contributed by atoms with van der Waals surface area (Å²) in [5, 5.41) is 0. The van der Waals surface area contributed by atoms with Gasteiger partial charge in [-0.1, -0.05) is 28.1 Å². The highest BCUT2D eigenvalue weighted by Crippen LogP contribution is 2.28. The van der Waals surface area contributed by atoms with Crippen LogP contribution >= 0.6 is 15.9 Å². The minimum Gasteiger partial charge on any atom is -0.497 e. The fraction of sp³-hybridized carbons (Fsp3) is 0.250. The van der Waals surface area contributed by atoms with E-state index in [1.54, 1.807) is 38.3 Å². The van der Waals surface area contributed by atoms with E-state index < -0.39 is 16.1 Å². The smallest absolute Gasteiger partial charge is 0.244 e. The molecule has 0 aliphatic carbocycles. The van der Waals surface area contributed by atoms with Crippen molar-refractivity contribution in [1.82, 2.24) is 4.72 Å². The standard InChI is InChI=1S/C16H18BrNO4S/c1-11(12-4-7-14(21-2)8-5-12)18-23(19,20)16-10-13(17)6-9-15(16)22-3/h4-11,18H,1-3H3. The van der Waals surface area contributed by atoms with Crippen molar-refractivity contribution >= 4 is 26.0 Å². The molecule has 1 atom stereocenters. The van der Waals surface area contributed by atoms with Crippen LogP contribution in [0.4, 0.5) is 0 Å². The first kappa shape index (κ1) is 17.8. The van der Waals surface area contributed by atoms with E-state index >= 15 is 0 Å². The lowest BCUT2D eigenvalue weighted by molar-refractivity contribution is 0.402. The zero-order valence-corrected chi connectivity index (χ0v) is 15.4. The molecule has 5 nitrogen and oxygen atoms in total. The first-order chi connectivity index (χ1) is 10.9. The van der Waals surface area contributed by atoms with Crippen LogP contribution in [0.25, 0.3) is 0 Å². The Balaban J connectivity index is 2.28. The number of sulfonamides is 1. The summed E-state index contributed by atoms with van der Waals surface area (Å²) in [5.41, 5.74) is 0.836. The van der Waals surface area contributed by atoms with Gasteiger partial charge in [0.1, 0.15) is 16.4 Å². The Kier molecular flexibility index (Phi) is 5.67. The van der Waals surface area contributed by atoms with Crippen molar-refractivity contribution in [3.05, 3.63) is 52.5 Å². The lowest BCUT2D eigenvalue weighted by Crippen LogP contribution is -2.27. The molecular weight excluding hydrogens is 382 g/mol. The van der Waals surface area contributed by atoms with Crippen molar-refractivity contribution in [2.75, 3.05) is 14.2 Å². The molecule has 1 unspecified atom stereocenters. The molecule has 23 heavy (non-hydrogen) atoms. The molecule has 0 aliphatic rings. The van der Waals surface area contributed by atoms with Crippen molar-refractivity contribution in [1.29, 1.82) is 0 Å². The number of nitrogens with one attached hydrogen (secondary N) is 1. The van der Waals surface area contributed by atoms with Crippen LogP contribution < -0.4 is 14.2 Å². The van der Waals surface area contributed by atoms with Gasteiger partial charge in [-0.25, -0.2) is 13.1 Å². The molecule has 0 saturated carbocycles. The maximum Gasteiger partial charge on any atom is 0.244 e. The topological polar surface area (TPSA) is 64.6 Å². The molecule has 0 saturated heterocycles. The number of hydrogen-bond donors (Lipinski definition) is 1. The summed E-state index contributed by atoms with van der Waals surface area (Å²) in [7, 11) is -0.701. The van der Waals surface area contributed by atoms with Crippen molar-refractivity contribution in [2.24, 2.45) is 0 Å². The zero-order valence-electron chi connectivity index (χ0n) is 13.0. The van der Waals surface area contributed by atoms with E-state index in [1.165, 1.54) is 13.2 Å². The van der Waals surface area contributed by atoms with Crippen LogP contribution in [0.1, 0.15) is 18.5 Å². The Hall–Kier alpha value is -1.57. The summed E-state index contributed by atoms with van der Waals surface area (Å²) in [6.07, 6.45) is 0. The van der Waals surface area contributed by atoms with Crippen LogP contribution in [0, 0.1) is 0 Å². The number of methoxy groups -OCH3 is 2. The highest BCUT2D eigenvalue weighted by atomic mass is 79.9. The summed E-state index contributed by atoms with van der Waals surface area (Å²) in [4.78, 5) is 0.0923. The fourth-order valence-corrected chi connectivity index (χ4v) is 4.06. The summed E-state index contributed by atoms with van der Waals surface area (Å²) in [5.74, 6) is 1.01. The third-order valence-electron chi connectivity index (χ3n) is 3.36. The molecular formula is C16H18BrNO4S. The van der Waals surface area contributed by atoms with E-state index in [0.29, 0.717) is 10.2 Å². The normalized spacial score (nSPS) is 12.7. The van der Waals surface area contributed by atoms with Gasteiger partial charge in [-0.2, -0.15) is 0 Å². The molecule has 0 heterocycles. The van der Waals surface area contributed by atoms with Gasteiger partial charge in [0.05, 0.1) is 14.2 Å². The molecule has 2 rings (SSSR count). The van der Waals surface area contributed by atoms with Gasteiger partial charge in [-0.3, -0.25) is 0 Å². The van der Waals surface area contributed by atoms with E-state index in [4.69, 9.17) is 9.47 Å². The second-order valence-electron chi connectivity index (χ2n) is 4.91. The minimum atomic E-state index is -3.72. The Morgan fingerprint density at radius 2 is 1.70 bits per heavy atom. The van der Waals surface area contributed by atoms with E-state index in [9.17, 15) is 8.42 Å². The molecule has 2 aromatic rings. The molecule has 2 aromatic carbocycles. The van der Waals surface area contributed by atoms with Gasteiger partial charge >= 0.3 is 0 Å². The molecule has 1 N–H and O–H groups in total. The van der Waals surface area contributed by atoms with Gasteiger partial charge < -0.3 is 9.47 Å². The van der Waals surface area contributed by atoms with Crippen molar-refractivity contribution in [3.8, 4) is 11.5 Å². The quantitative estimate of drug-likeness (QED) is 0.806. The summed E-state index contributed by atoms with van der Waals surface area (Å²) in [6.45, 7) is 1.78. The second kappa shape index (κ2) is 7.33. The Morgan fingerprint density at radius 3 is 2.26 bits per heavy atom. The number of hydrogen-bond acceptors (Lipinski definition) is 4. The first-order valence-corrected chi connectivity index (χ1v) is 9.15. The molecule has 0 aliphatic heterocycles. The Morgan fingerprint density at radius 1 is 1.04 bits per heavy atom. The molecule has 0 aromatic heterocycles. The number of benzene rings is 2. The van der Waals surface area contributed by atoms with Crippen LogP contribution in [0.15, 0.2) is 51.8 Å². The largest absolute Gasteiger partial charge is 0.497 e. The maximum atomic E-state index is 12.6. The SMILES string of the molecule is COc1ccc(C(C)NS(=O)(=O)c2cc(Br)ccc2OC)cc1. The van der Waals surface area contributed by atoms with E-state index in [0.717, 1.165) is 11.3 Å². The van der Waals surface area contributed by atoms with Gasteiger partial charge in [-0.15, -0.1) is 0 Å². The van der Waals surface area contributed by atoms with Crippen LogP contribution in [0.5, 0.6) is 11.5 Å². The van der Waals surface area contributed by atoms with Gasteiger partial charge in [0.25, 0.3) is 0 Å². The molecule has 124 valence electrons. The van der Waals surface area contributed by atoms with Gasteiger partial charge in [0.2, 0.25) is 10.0 Å². The highest BCUT2D eigenvalue weighted by molar-refractivity contribution is 9.10. The molecule has 0 bridgehead atoms. The molecule has 0 fully saturated rings. The van der Waals surface area contributed by atoms with Gasteiger partial charge in [0.15, 0.2) is 0 Å². The average molecular weight is 400 g/mol. The molecule has 0 radical (unpaired) electrons. The van der Waals surface area contributed by atoms with Crippen molar-refractivity contribution < 1.29 is 17.9 Å². The Labute approximate surface area is 144 Å². The average Bonchev–Trinajstić information content (AvgIpc) is 2.54. The minimum absolute atomic E-state index is 0.0923. The summed E-state index contributed by atoms with van der Waals surface area (Å²) in [6, 6.07) is 11.7. The van der Waals surface area contributed by atoms with Gasteiger partial charge in [-0.05, 0) is 42.8 Å². The lowest BCUT2D eigenvalue weighted by Gasteiger charge is -2.16. The highest BCUT2D eigenvalue weighted by Gasteiger charge is 2.22. The summed E-state index contributed by atoms with van der Waals surface area (Å²) >= 11 is 3.28. The van der Waals surface area contributed by atoms with Crippen LogP contribution in [-0.4, -0.2) is 22.6 Å². The second-order valence-corrected chi connectivity index (χ2v) is 7.51. The van der Waals surface area contributed by atoms with Crippen LogP contribution in [0.2, 0.25) is 0 Å². The monoisotopic (exact) mass is 399 g/mol. The number of halogens is 1. The predicted molar refractivity (Wildman–Crippen MR) is 92.4 cm³/mol. The maximum absolute atomic E-state index is 12.6. The van der Waals surface area contributed by atoms with E-state index in [2.05, 4.69) is 20.7 Å². The van der Waals surface area contributed by atoms with Crippen molar-refractivity contribution in [3.63, 3.8) is 0 Å². The summed E-state index contributed by atoms with van der Waals surface area (Å²) < 4.78 is 38.8. The third-order valence-corrected chi connectivity index (χ3v) is 5.42.